The summed E-state index contributed by atoms with van der Waals surface area (Å²) in [5.74, 6) is -0.125. The Kier molecular flexibility index (Phi) is 5.10. The molecule has 0 aliphatic heterocycles. The number of rotatable bonds is 5. The van der Waals surface area contributed by atoms with Gasteiger partial charge in [-0.25, -0.2) is 17.4 Å². The van der Waals surface area contributed by atoms with Crippen LogP contribution in [0.5, 0.6) is 0 Å². The van der Waals surface area contributed by atoms with Gasteiger partial charge >= 0.3 is 0 Å². The molecule has 30 heavy (non-hydrogen) atoms. The van der Waals surface area contributed by atoms with Gasteiger partial charge in [-0.05, 0) is 26.0 Å². The van der Waals surface area contributed by atoms with E-state index in [2.05, 4.69) is 4.98 Å². The van der Waals surface area contributed by atoms with Crippen LogP contribution in [0, 0.1) is 13.8 Å². The van der Waals surface area contributed by atoms with Crippen molar-refractivity contribution in [1.29, 1.82) is 0 Å². The minimum Gasteiger partial charge on any atom is -0.287 e. The van der Waals surface area contributed by atoms with Crippen LogP contribution in [0.3, 0.4) is 0 Å². The lowest BCUT2D eigenvalue weighted by Gasteiger charge is -2.09. The van der Waals surface area contributed by atoms with Crippen molar-refractivity contribution in [2.45, 2.75) is 18.7 Å². The molecule has 150 valence electrons. The second-order valence-electron chi connectivity index (χ2n) is 7.12. The number of carbonyl (C=O) groups is 1. The number of benzene rings is 3. The summed E-state index contributed by atoms with van der Waals surface area (Å²) >= 11 is 0. The summed E-state index contributed by atoms with van der Waals surface area (Å²) in [5, 5.41) is 0. The van der Waals surface area contributed by atoms with Crippen LogP contribution < -0.4 is 0 Å². The summed E-state index contributed by atoms with van der Waals surface area (Å²) in [6, 6.07) is 22.6. The number of ketones is 1. The number of hydrogen-bond donors (Lipinski definition) is 0. The van der Waals surface area contributed by atoms with E-state index in [4.69, 9.17) is 0 Å². The Balaban J connectivity index is 1.89. The van der Waals surface area contributed by atoms with Crippen molar-refractivity contribution >= 4 is 15.8 Å². The van der Waals surface area contributed by atoms with Gasteiger partial charge in [0.15, 0.2) is 5.82 Å². The third kappa shape index (κ3) is 3.69. The van der Waals surface area contributed by atoms with E-state index in [9.17, 15) is 13.2 Å². The molecule has 0 amide bonds. The molecular formula is C24H20N2O3S. The molecule has 0 bridgehead atoms. The molecule has 0 aliphatic rings. The Hall–Kier alpha value is -3.51. The highest BCUT2D eigenvalue weighted by Crippen LogP contribution is 2.26. The molecule has 0 unspecified atom stereocenters. The molecule has 4 aromatic rings. The van der Waals surface area contributed by atoms with Crippen LogP contribution in [0.15, 0.2) is 90.0 Å². The van der Waals surface area contributed by atoms with Gasteiger partial charge < -0.3 is 0 Å². The molecule has 0 radical (unpaired) electrons. The van der Waals surface area contributed by atoms with Crippen molar-refractivity contribution in [3.63, 3.8) is 0 Å². The van der Waals surface area contributed by atoms with Gasteiger partial charge in [0.2, 0.25) is 5.78 Å². The van der Waals surface area contributed by atoms with Gasteiger partial charge in [-0.1, -0.05) is 77.9 Å². The minimum absolute atomic E-state index is 0.0777. The summed E-state index contributed by atoms with van der Waals surface area (Å²) in [5.41, 5.74) is 3.22. The smallest absolute Gasteiger partial charge is 0.269 e. The normalized spacial score (nSPS) is 11.4. The van der Waals surface area contributed by atoms with E-state index < -0.39 is 10.0 Å². The van der Waals surface area contributed by atoms with Crippen molar-refractivity contribution in [2.24, 2.45) is 0 Å². The lowest BCUT2D eigenvalue weighted by Crippen LogP contribution is -2.13. The molecule has 0 aliphatic carbocycles. The quantitative estimate of drug-likeness (QED) is 0.445. The average Bonchev–Trinajstić information content (AvgIpc) is 3.21. The lowest BCUT2D eigenvalue weighted by atomic mass is 10.1. The maximum Gasteiger partial charge on any atom is 0.269 e. The fourth-order valence-electron chi connectivity index (χ4n) is 3.11. The monoisotopic (exact) mass is 416 g/mol. The highest BCUT2D eigenvalue weighted by atomic mass is 32.2. The number of aromatic nitrogens is 2. The molecule has 0 saturated heterocycles. The largest absolute Gasteiger partial charge is 0.287 e. The molecule has 1 aromatic heterocycles. The maximum absolute atomic E-state index is 13.3. The van der Waals surface area contributed by atoms with Crippen molar-refractivity contribution in [3.8, 4) is 11.4 Å². The van der Waals surface area contributed by atoms with Gasteiger partial charge in [0.05, 0.1) is 11.1 Å². The third-order valence-electron chi connectivity index (χ3n) is 4.83. The molecule has 0 spiro atoms. The number of aryl methyl sites for hydroxylation is 2. The fourth-order valence-corrected chi connectivity index (χ4v) is 4.45. The van der Waals surface area contributed by atoms with Gasteiger partial charge in [0.1, 0.15) is 5.69 Å². The Morgan fingerprint density at radius 2 is 1.37 bits per heavy atom. The molecule has 0 atom stereocenters. The molecule has 5 nitrogen and oxygen atoms in total. The predicted molar refractivity (Wildman–Crippen MR) is 116 cm³/mol. The number of carbonyl (C=O) groups excluding carboxylic acids is 1. The summed E-state index contributed by atoms with van der Waals surface area (Å²) in [6.45, 7) is 3.88. The van der Waals surface area contributed by atoms with Crippen LogP contribution in [0.1, 0.15) is 27.2 Å². The standard InChI is InChI=1S/C24H20N2O3S/c1-17-8-12-19(13-9-17)23(27)22-16-26(30(28,29)21-6-4-3-5-7-21)24(25-22)20-14-10-18(2)11-15-20/h3-16H,1-2H3. The molecule has 6 heteroatoms. The van der Waals surface area contributed by atoms with Gasteiger partial charge in [-0.15, -0.1) is 0 Å². The van der Waals surface area contributed by atoms with E-state index in [0.29, 0.717) is 11.1 Å². The second kappa shape index (κ2) is 7.72. The average molecular weight is 417 g/mol. The molecule has 0 saturated carbocycles. The van der Waals surface area contributed by atoms with Crippen LogP contribution in [0.25, 0.3) is 11.4 Å². The van der Waals surface area contributed by atoms with E-state index in [0.717, 1.165) is 15.1 Å². The summed E-state index contributed by atoms with van der Waals surface area (Å²) in [7, 11) is -3.93. The van der Waals surface area contributed by atoms with E-state index in [-0.39, 0.29) is 22.2 Å². The summed E-state index contributed by atoms with van der Waals surface area (Å²) in [4.78, 5) is 17.6. The summed E-state index contributed by atoms with van der Waals surface area (Å²) in [6.07, 6.45) is 1.31. The second-order valence-corrected chi connectivity index (χ2v) is 8.94. The predicted octanol–water partition coefficient (Wildman–Crippen LogP) is 4.63. The Labute approximate surface area is 175 Å². The van der Waals surface area contributed by atoms with Gasteiger partial charge in [0.25, 0.3) is 10.0 Å². The molecular weight excluding hydrogens is 396 g/mol. The number of nitrogens with zero attached hydrogens (tertiary/aromatic N) is 2. The lowest BCUT2D eigenvalue weighted by molar-refractivity contribution is 0.103. The Morgan fingerprint density at radius 3 is 1.97 bits per heavy atom. The molecule has 3 aromatic carbocycles. The molecule has 0 fully saturated rings. The van der Waals surface area contributed by atoms with Gasteiger partial charge in [-0.2, -0.15) is 0 Å². The first kappa shape index (κ1) is 19.8. The van der Waals surface area contributed by atoms with E-state index in [1.54, 1.807) is 42.5 Å². The third-order valence-corrected chi connectivity index (χ3v) is 6.49. The van der Waals surface area contributed by atoms with Crippen LogP contribution in [-0.4, -0.2) is 23.2 Å². The summed E-state index contributed by atoms with van der Waals surface area (Å²) < 4.78 is 27.7. The fraction of sp³-hybridized carbons (Fsp3) is 0.0833. The topological polar surface area (TPSA) is 69.0 Å². The first-order chi connectivity index (χ1) is 14.4. The zero-order valence-corrected chi connectivity index (χ0v) is 17.4. The number of imidazole rings is 1. The van der Waals surface area contributed by atoms with Crippen LogP contribution >= 0.6 is 0 Å². The van der Waals surface area contributed by atoms with Crippen LogP contribution in [-0.2, 0) is 10.0 Å². The zero-order valence-electron chi connectivity index (χ0n) is 16.6. The molecule has 1 heterocycles. The first-order valence-corrected chi connectivity index (χ1v) is 10.9. The Morgan fingerprint density at radius 1 is 0.800 bits per heavy atom. The highest BCUT2D eigenvalue weighted by Gasteiger charge is 2.25. The van der Waals surface area contributed by atoms with Gasteiger partial charge in [-0.3, -0.25) is 4.79 Å². The minimum atomic E-state index is -3.93. The number of hydrogen-bond acceptors (Lipinski definition) is 4. The zero-order chi connectivity index (χ0) is 21.3. The molecule has 4 rings (SSSR count). The van der Waals surface area contributed by atoms with Crippen LogP contribution in [0.2, 0.25) is 0 Å². The highest BCUT2D eigenvalue weighted by molar-refractivity contribution is 7.90. The van der Waals surface area contributed by atoms with Crippen molar-refractivity contribution in [1.82, 2.24) is 8.96 Å². The maximum atomic E-state index is 13.3. The van der Waals surface area contributed by atoms with Crippen molar-refractivity contribution in [3.05, 3.63) is 107 Å². The van der Waals surface area contributed by atoms with E-state index in [1.807, 2.05) is 38.1 Å². The Bertz CT molecular complexity index is 1310. The van der Waals surface area contributed by atoms with E-state index in [1.165, 1.54) is 18.3 Å². The van der Waals surface area contributed by atoms with Crippen molar-refractivity contribution < 1.29 is 13.2 Å². The first-order valence-electron chi connectivity index (χ1n) is 9.45. The van der Waals surface area contributed by atoms with Crippen LogP contribution in [0.4, 0.5) is 0 Å². The van der Waals surface area contributed by atoms with Gasteiger partial charge in [0, 0.05) is 11.1 Å². The van der Waals surface area contributed by atoms with Crippen molar-refractivity contribution in [2.75, 3.05) is 0 Å². The van der Waals surface area contributed by atoms with E-state index >= 15 is 0 Å². The molecule has 0 N–H and O–H groups in total. The SMILES string of the molecule is Cc1ccc(C(=O)c2cn(S(=O)(=O)c3ccccc3)c(-c3ccc(C)cc3)n2)cc1.